The highest BCUT2D eigenvalue weighted by Crippen LogP contribution is 2.42. The van der Waals surface area contributed by atoms with Gasteiger partial charge in [-0.05, 0) is 12.8 Å². The molecule has 0 atom stereocenters. The summed E-state index contributed by atoms with van der Waals surface area (Å²) < 4.78 is 53.3. The normalized spacial score (nSPS) is 18.3. The van der Waals surface area contributed by atoms with E-state index >= 15 is 0 Å². The predicted molar refractivity (Wildman–Crippen MR) is 57.8 cm³/mol. The van der Waals surface area contributed by atoms with Crippen LogP contribution in [-0.4, -0.2) is 23.9 Å². The van der Waals surface area contributed by atoms with Crippen molar-refractivity contribution in [2.45, 2.75) is 37.3 Å². The van der Waals surface area contributed by atoms with Crippen molar-refractivity contribution in [3.8, 4) is 0 Å². The second-order valence-electron chi connectivity index (χ2n) is 4.34. The molecule has 2 rings (SSSR count). The predicted octanol–water partition coefficient (Wildman–Crippen LogP) is 2.51. The topological polar surface area (TPSA) is 48.1 Å². The van der Waals surface area contributed by atoms with Crippen molar-refractivity contribution in [1.82, 2.24) is 4.98 Å². The number of alkyl halides is 4. The van der Waals surface area contributed by atoms with Crippen LogP contribution in [0, 0.1) is 0 Å². The standard InChI is InChI=1S/C10H12F4N2OS/c11-8(12)10(13,14)5-17-3-7-16-6(4-18-7)9(15)1-2-9/h4,8H,1-3,5,15H2. The molecule has 0 amide bonds. The van der Waals surface area contributed by atoms with Gasteiger partial charge < -0.3 is 10.5 Å². The van der Waals surface area contributed by atoms with E-state index in [2.05, 4.69) is 9.72 Å². The van der Waals surface area contributed by atoms with E-state index in [1.54, 1.807) is 5.38 Å². The smallest absolute Gasteiger partial charge is 0.330 e. The molecule has 1 heterocycles. The number of hydrogen-bond donors (Lipinski definition) is 1. The van der Waals surface area contributed by atoms with Gasteiger partial charge in [0.2, 0.25) is 0 Å². The van der Waals surface area contributed by atoms with Crippen LogP contribution in [0.3, 0.4) is 0 Å². The molecule has 1 saturated carbocycles. The van der Waals surface area contributed by atoms with Gasteiger partial charge in [0.05, 0.1) is 17.8 Å². The molecule has 0 saturated heterocycles. The molecule has 0 radical (unpaired) electrons. The lowest BCUT2D eigenvalue weighted by Gasteiger charge is -2.14. The number of ether oxygens (including phenoxy) is 1. The highest BCUT2D eigenvalue weighted by molar-refractivity contribution is 7.09. The van der Waals surface area contributed by atoms with Crippen LogP contribution in [0.5, 0.6) is 0 Å². The van der Waals surface area contributed by atoms with Gasteiger partial charge in [0.15, 0.2) is 0 Å². The van der Waals surface area contributed by atoms with Crippen molar-refractivity contribution in [2.75, 3.05) is 6.61 Å². The van der Waals surface area contributed by atoms with Crippen molar-refractivity contribution in [3.05, 3.63) is 16.1 Å². The fourth-order valence-corrected chi connectivity index (χ4v) is 2.17. The van der Waals surface area contributed by atoms with Gasteiger partial charge in [0.1, 0.15) is 11.6 Å². The van der Waals surface area contributed by atoms with Crippen molar-refractivity contribution >= 4 is 11.3 Å². The third kappa shape index (κ3) is 2.99. The molecule has 1 aromatic rings. The highest BCUT2D eigenvalue weighted by Gasteiger charge is 2.42. The molecular formula is C10H12F4N2OS. The lowest BCUT2D eigenvalue weighted by molar-refractivity contribution is -0.168. The summed E-state index contributed by atoms with van der Waals surface area (Å²) in [4.78, 5) is 4.14. The van der Waals surface area contributed by atoms with Gasteiger partial charge >= 0.3 is 12.3 Å². The Morgan fingerprint density at radius 3 is 2.72 bits per heavy atom. The number of halogens is 4. The zero-order valence-electron chi connectivity index (χ0n) is 9.34. The summed E-state index contributed by atoms with van der Waals surface area (Å²) in [6.45, 7) is -1.52. The van der Waals surface area contributed by atoms with Crippen LogP contribution >= 0.6 is 11.3 Å². The van der Waals surface area contributed by atoms with Crippen LogP contribution in [0.15, 0.2) is 5.38 Å². The van der Waals surface area contributed by atoms with Gasteiger partial charge in [-0.15, -0.1) is 11.3 Å². The molecule has 1 aliphatic carbocycles. The Morgan fingerprint density at radius 2 is 2.17 bits per heavy atom. The Bertz CT molecular complexity index is 420. The maximum absolute atomic E-state index is 12.5. The first-order valence-corrected chi connectivity index (χ1v) is 6.19. The summed E-state index contributed by atoms with van der Waals surface area (Å²) in [6, 6.07) is 0. The van der Waals surface area contributed by atoms with Crippen LogP contribution in [0.1, 0.15) is 23.5 Å². The Morgan fingerprint density at radius 1 is 1.50 bits per heavy atom. The summed E-state index contributed by atoms with van der Waals surface area (Å²) >= 11 is 1.23. The maximum atomic E-state index is 12.5. The average molecular weight is 284 g/mol. The Kier molecular flexibility index (Phi) is 3.61. The molecule has 3 nitrogen and oxygen atoms in total. The van der Waals surface area contributed by atoms with Crippen molar-refractivity contribution in [1.29, 1.82) is 0 Å². The third-order valence-corrected chi connectivity index (χ3v) is 3.51. The van der Waals surface area contributed by atoms with E-state index in [0.29, 0.717) is 10.7 Å². The number of thiazole rings is 1. The van der Waals surface area contributed by atoms with E-state index in [9.17, 15) is 17.6 Å². The second kappa shape index (κ2) is 4.75. The van der Waals surface area contributed by atoms with Crippen LogP contribution in [0.25, 0.3) is 0 Å². The Labute approximate surface area is 105 Å². The summed E-state index contributed by atoms with van der Waals surface area (Å²) in [6.07, 6.45) is -2.02. The molecule has 8 heteroatoms. The first kappa shape index (κ1) is 13.7. The van der Waals surface area contributed by atoms with Gasteiger partial charge in [-0.25, -0.2) is 13.8 Å². The van der Waals surface area contributed by atoms with E-state index in [1.807, 2.05) is 0 Å². The minimum absolute atomic E-state index is 0.205. The molecule has 102 valence electrons. The van der Waals surface area contributed by atoms with Crippen LogP contribution in [-0.2, 0) is 16.9 Å². The first-order chi connectivity index (χ1) is 8.33. The zero-order valence-corrected chi connectivity index (χ0v) is 10.2. The Hall–Kier alpha value is -0.730. The van der Waals surface area contributed by atoms with Crippen molar-refractivity contribution < 1.29 is 22.3 Å². The van der Waals surface area contributed by atoms with E-state index in [0.717, 1.165) is 12.8 Å². The summed E-state index contributed by atoms with van der Waals surface area (Å²) in [5, 5.41) is 2.21. The fourth-order valence-electron chi connectivity index (χ4n) is 1.33. The number of nitrogens with two attached hydrogens (primary N) is 1. The van der Waals surface area contributed by atoms with E-state index in [4.69, 9.17) is 5.73 Å². The summed E-state index contributed by atoms with van der Waals surface area (Å²) in [7, 11) is 0. The third-order valence-electron chi connectivity index (χ3n) is 2.69. The molecule has 1 fully saturated rings. The van der Waals surface area contributed by atoms with Crippen LogP contribution in [0.4, 0.5) is 17.6 Å². The van der Waals surface area contributed by atoms with Gasteiger partial charge in [-0.1, -0.05) is 0 Å². The zero-order chi connectivity index (χ0) is 13.4. The van der Waals surface area contributed by atoms with Crippen LogP contribution < -0.4 is 5.73 Å². The molecular weight excluding hydrogens is 272 g/mol. The largest absolute Gasteiger partial charge is 0.368 e. The molecule has 1 aliphatic rings. The quantitative estimate of drug-likeness (QED) is 0.817. The maximum Gasteiger partial charge on any atom is 0.330 e. The summed E-state index contributed by atoms with van der Waals surface area (Å²) in [5.41, 5.74) is 6.23. The van der Waals surface area contributed by atoms with Crippen molar-refractivity contribution in [3.63, 3.8) is 0 Å². The molecule has 18 heavy (non-hydrogen) atoms. The number of aromatic nitrogens is 1. The van der Waals surface area contributed by atoms with Gasteiger partial charge in [-0.2, -0.15) is 8.78 Å². The van der Waals surface area contributed by atoms with Gasteiger partial charge in [-0.3, -0.25) is 0 Å². The lowest BCUT2D eigenvalue weighted by Crippen LogP contribution is -2.32. The minimum atomic E-state index is -4.12. The first-order valence-electron chi connectivity index (χ1n) is 5.31. The lowest BCUT2D eigenvalue weighted by atomic mass is 10.2. The van der Waals surface area contributed by atoms with Crippen LogP contribution in [0.2, 0.25) is 0 Å². The van der Waals surface area contributed by atoms with E-state index in [-0.39, 0.29) is 12.1 Å². The molecule has 0 aromatic carbocycles. The minimum Gasteiger partial charge on any atom is -0.368 e. The fraction of sp³-hybridized carbons (Fsp3) is 0.700. The summed E-state index contributed by atoms with van der Waals surface area (Å²) in [5.74, 6) is -4.12. The SMILES string of the molecule is NC1(c2csc(COCC(F)(F)C(F)F)n2)CC1. The monoisotopic (exact) mass is 284 g/mol. The van der Waals surface area contributed by atoms with Gasteiger partial charge in [0.25, 0.3) is 0 Å². The van der Waals surface area contributed by atoms with Crippen molar-refractivity contribution in [2.24, 2.45) is 5.73 Å². The molecule has 0 aliphatic heterocycles. The second-order valence-corrected chi connectivity index (χ2v) is 5.28. The molecule has 2 N–H and O–H groups in total. The molecule has 0 bridgehead atoms. The molecule has 1 aromatic heterocycles. The Balaban J connectivity index is 1.82. The molecule has 0 spiro atoms. The van der Waals surface area contributed by atoms with Gasteiger partial charge in [0, 0.05) is 5.38 Å². The molecule has 0 unspecified atom stereocenters. The average Bonchev–Trinajstić information content (AvgIpc) is 2.86. The number of rotatable bonds is 6. The van der Waals surface area contributed by atoms with E-state index < -0.39 is 19.0 Å². The number of hydrogen-bond acceptors (Lipinski definition) is 4. The van der Waals surface area contributed by atoms with E-state index in [1.165, 1.54) is 11.3 Å². The number of nitrogens with zero attached hydrogens (tertiary/aromatic N) is 1. The highest BCUT2D eigenvalue weighted by atomic mass is 32.1.